The SMILES string of the molecule is Cc1cc(N)c2cc(NC(=O)CCCC(=O)Nc3ccc4nc(C)cc(N)c4c3)ccc2n1.Cl.Cl. The molecular weight excluding hydrogens is 487 g/mol. The number of amides is 2. The molecule has 2 amide bonds. The predicted octanol–water partition coefficient (Wildman–Crippen LogP) is 5.16. The highest BCUT2D eigenvalue weighted by molar-refractivity contribution is 5.99. The summed E-state index contributed by atoms with van der Waals surface area (Å²) in [6.45, 7) is 3.77. The number of nitrogens with two attached hydrogens (primary N) is 2. The highest BCUT2D eigenvalue weighted by atomic mass is 35.5. The fraction of sp³-hybridized carbons (Fsp3) is 0.200. The first-order valence-electron chi connectivity index (χ1n) is 10.7. The van der Waals surface area contributed by atoms with Gasteiger partial charge >= 0.3 is 0 Å². The van der Waals surface area contributed by atoms with Crippen LogP contribution in [0.15, 0.2) is 48.5 Å². The van der Waals surface area contributed by atoms with Crippen molar-refractivity contribution in [3.05, 3.63) is 59.9 Å². The number of aryl methyl sites for hydroxylation is 2. The number of benzene rings is 2. The van der Waals surface area contributed by atoms with Crippen LogP contribution in [0.2, 0.25) is 0 Å². The normalized spacial score (nSPS) is 10.3. The smallest absolute Gasteiger partial charge is 0.224 e. The van der Waals surface area contributed by atoms with E-state index in [9.17, 15) is 9.59 Å². The van der Waals surface area contributed by atoms with Crippen LogP contribution in [0.25, 0.3) is 21.8 Å². The Morgan fingerprint density at radius 1 is 0.714 bits per heavy atom. The summed E-state index contributed by atoms with van der Waals surface area (Å²) in [6.07, 6.45) is 0.868. The second-order valence-corrected chi connectivity index (χ2v) is 8.12. The molecule has 0 atom stereocenters. The largest absolute Gasteiger partial charge is 0.398 e. The molecule has 0 radical (unpaired) electrons. The van der Waals surface area contributed by atoms with Crippen molar-refractivity contribution in [1.29, 1.82) is 0 Å². The zero-order valence-corrected chi connectivity index (χ0v) is 21.1. The van der Waals surface area contributed by atoms with Gasteiger partial charge in [-0.25, -0.2) is 0 Å². The van der Waals surface area contributed by atoms with Gasteiger partial charge < -0.3 is 22.1 Å². The number of carbonyl (C=O) groups is 2. The minimum Gasteiger partial charge on any atom is -0.398 e. The van der Waals surface area contributed by atoms with Crippen LogP contribution in [0.1, 0.15) is 30.7 Å². The summed E-state index contributed by atoms with van der Waals surface area (Å²) in [6, 6.07) is 14.5. The van der Waals surface area contributed by atoms with Crippen molar-refractivity contribution in [3.63, 3.8) is 0 Å². The first kappa shape index (κ1) is 27.6. The second kappa shape index (κ2) is 11.7. The van der Waals surface area contributed by atoms with Crippen molar-refractivity contribution in [2.24, 2.45) is 0 Å². The zero-order chi connectivity index (χ0) is 23.5. The Morgan fingerprint density at radius 3 is 1.51 bits per heavy atom. The van der Waals surface area contributed by atoms with E-state index in [-0.39, 0.29) is 49.5 Å². The molecule has 0 unspecified atom stereocenters. The summed E-state index contributed by atoms with van der Waals surface area (Å²) in [7, 11) is 0. The number of halogens is 2. The van der Waals surface area contributed by atoms with E-state index < -0.39 is 0 Å². The van der Waals surface area contributed by atoms with Crippen molar-refractivity contribution < 1.29 is 9.59 Å². The third-order valence-electron chi connectivity index (χ3n) is 5.31. The third-order valence-corrected chi connectivity index (χ3v) is 5.31. The Hall–Kier alpha value is -3.62. The lowest BCUT2D eigenvalue weighted by atomic mass is 10.1. The molecule has 4 aromatic rings. The van der Waals surface area contributed by atoms with Crippen molar-refractivity contribution in [2.75, 3.05) is 22.1 Å². The van der Waals surface area contributed by atoms with E-state index >= 15 is 0 Å². The molecule has 35 heavy (non-hydrogen) atoms. The molecule has 184 valence electrons. The van der Waals surface area contributed by atoms with E-state index in [1.165, 1.54) is 0 Å². The predicted molar refractivity (Wildman–Crippen MR) is 147 cm³/mol. The molecule has 8 nitrogen and oxygen atoms in total. The lowest BCUT2D eigenvalue weighted by Gasteiger charge is -2.09. The van der Waals surface area contributed by atoms with Gasteiger partial charge in [0.25, 0.3) is 0 Å². The number of nitrogens with one attached hydrogen (secondary N) is 2. The molecule has 0 aliphatic carbocycles. The molecule has 0 saturated heterocycles. The summed E-state index contributed by atoms with van der Waals surface area (Å²) in [5.74, 6) is -0.332. The second-order valence-electron chi connectivity index (χ2n) is 8.12. The van der Waals surface area contributed by atoms with Gasteiger partial charge in [0.2, 0.25) is 11.8 Å². The molecule has 2 aromatic carbocycles. The average molecular weight is 515 g/mol. The molecule has 10 heteroatoms. The van der Waals surface area contributed by atoms with Crippen LogP contribution in [0, 0.1) is 13.8 Å². The van der Waals surface area contributed by atoms with Gasteiger partial charge in [0.1, 0.15) is 0 Å². The van der Waals surface area contributed by atoms with E-state index in [0.717, 1.165) is 33.2 Å². The maximum Gasteiger partial charge on any atom is 0.224 e. The molecule has 6 N–H and O–H groups in total. The number of pyridine rings is 2. The van der Waals surface area contributed by atoms with Crippen LogP contribution >= 0.6 is 24.8 Å². The number of anilines is 4. The van der Waals surface area contributed by atoms with Gasteiger partial charge in [-0.2, -0.15) is 0 Å². The fourth-order valence-corrected chi connectivity index (χ4v) is 3.79. The number of nitrogens with zero attached hydrogens (tertiary/aromatic N) is 2. The molecule has 0 aliphatic heterocycles. The molecule has 0 bridgehead atoms. The van der Waals surface area contributed by atoms with Gasteiger partial charge in [0.05, 0.1) is 11.0 Å². The summed E-state index contributed by atoms with van der Waals surface area (Å²) < 4.78 is 0. The van der Waals surface area contributed by atoms with Gasteiger partial charge in [-0.1, -0.05) is 0 Å². The first-order valence-corrected chi connectivity index (χ1v) is 10.7. The number of fused-ring (bicyclic) bond motifs is 2. The molecule has 2 heterocycles. The molecule has 4 rings (SSSR count). The zero-order valence-electron chi connectivity index (χ0n) is 19.4. The van der Waals surface area contributed by atoms with E-state index in [4.69, 9.17) is 11.5 Å². The van der Waals surface area contributed by atoms with Crippen LogP contribution in [-0.2, 0) is 9.59 Å². The number of rotatable bonds is 6. The Bertz CT molecular complexity index is 1290. The summed E-state index contributed by atoms with van der Waals surface area (Å²) in [5.41, 5.74) is 17.9. The molecule has 0 spiro atoms. The maximum absolute atomic E-state index is 12.3. The Kier molecular flexibility index (Phi) is 9.22. The van der Waals surface area contributed by atoms with Crippen molar-refractivity contribution >= 4 is 81.2 Å². The van der Waals surface area contributed by atoms with Gasteiger partial charge in [0.15, 0.2) is 0 Å². The quantitative estimate of drug-likeness (QED) is 0.280. The van der Waals surface area contributed by atoms with E-state index in [1.54, 1.807) is 24.3 Å². The van der Waals surface area contributed by atoms with Crippen LogP contribution in [0.3, 0.4) is 0 Å². The fourth-order valence-electron chi connectivity index (χ4n) is 3.79. The number of hydrogen-bond donors (Lipinski definition) is 4. The van der Waals surface area contributed by atoms with E-state index in [2.05, 4.69) is 20.6 Å². The van der Waals surface area contributed by atoms with Crippen LogP contribution in [-0.4, -0.2) is 21.8 Å². The lowest BCUT2D eigenvalue weighted by molar-refractivity contribution is -0.117. The number of hydrogen-bond acceptors (Lipinski definition) is 6. The summed E-state index contributed by atoms with van der Waals surface area (Å²) in [5, 5.41) is 7.29. The standard InChI is InChI=1S/C25H26N6O2.2ClH/c1-14-10-20(26)18-12-16(6-8-22(18)28-14)30-24(32)4-3-5-25(33)31-17-7-9-23-19(13-17)21(27)11-15(2)29-23;;/h6-13H,3-5H2,1-2H3,(H2,26,28)(H2,27,29)(H,30,32)(H,31,33);2*1H. The third kappa shape index (κ3) is 6.71. The number of aromatic nitrogens is 2. The van der Waals surface area contributed by atoms with E-state index in [1.807, 2.05) is 38.1 Å². The summed E-state index contributed by atoms with van der Waals surface area (Å²) >= 11 is 0. The highest BCUT2D eigenvalue weighted by Gasteiger charge is 2.09. The maximum atomic E-state index is 12.3. The van der Waals surface area contributed by atoms with Crippen molar-refractivity contribution in [1.82, 2.24) is 9.97 Å². The molecule has 0 fully saturated rings. The molecule has 2 aromatic heterocycles. The topological polar surface area (TPSA) is 136 Å². The van der Waals surface area contributed by atoms with Crippen molar-refractivity contribution in [3.8, 4) is 0 Å². The van der Waals surface area contributed by atoms with Gasteiger partial charge in [-0.3, -0.25) is 19.6 Å². The van der Waals surface area contributed by atoms with Gasteiger partial charge in [-0.15, -0.1) is 24.8 Å². The highest BCUT2D eigenvalue weighted by Crippen LogP contribution is 2.25. The van der Waals surface area contributed by atoms with Crippen LogP contribution in [0.4, 0.5) is 22.7 Å². The first-order chi connectivity index (χ1) is 15.8. The van der Waals surface area contributed by atoms with Gasteiger partial charge in [-0.05, 0) is 68.8 Å². The molecule has 0 aliphatic rings. The Morgan fingerprint density at radius 2 is 1.11 bits per heavy atom. The number of nitrogen functional groups attached to an aromatic ring is 2. The van der Waals surface area contributed by atoms with Crippen LogP contribution in [0.5, 0.6) is 0 Å². The minimum absolute atomic E-state index is 0. The van der Waals surface area contributed by atoms with E-state index in [0.29, 0.717) is 29.2 Å². The monoisotopic (exact) mass is 514 g/mol. The molecular formula is C25H28Cl2N6O2. The van der Waals surface area contributed by atoms with Crippen LogP contribution < -0.4 is 22.1 Å². The number of carbonyl (C=O) groups excluding carboxylic acids is 2. The average Bonchev–Trinajstić information content (AvgIpc) is 2.74. The van der Waals surface area contributed by atoms with Gasteiger partial charge in [0, 0.05) is 57.8 Å². The molecule has 0 saturated carbocycles. The Balaban J connectivity index is 0.00000216. The lowest BCUT2D eigenvalue weighted by Crippen LogP contribution is -2.15. The van der Waals surface area contributed by atoms with Crippen molar-refractivity contribution in [2.45, 2.75) is 33.1 Å². The Labute approximate surface area is 215 Å². The summed E-state index contributed by atoms with van der Waals surface area (Å²) in [4.78, 5) is 33.5. The minimum atomic E-state index is -0.166.